The molecule has 0 rings (SSSR count). The van der Waals surface area contributed by atoms with Crippen LogP contribution in [-0.4, -0.2) is 36.4 Å². The van der Waals surface area contributed by atoms with E-state index in [1.807, 2.05) is 0 Å². The lowest BCUT2D eigenvalue weighted by atomic mass is 10.0. The number of aliphatic hydroxyl groups is 1. The second-order valence-electron chi connectivity index (χ2n) is 16.9. The lowest BCUT2D eigenvalue weighted by Gasteiger charge is -2.15. The molecule has 0 saturated carbocycles. The fraction of sp³-hybridized carbons (Fsp3) is 0.684. The van der Waals surface area contributed by atoms with Crippen LogP contribution >= 0.6 is 0 Å². The lowest BCUT2D eigenvalue weighted by molar-refractivity contribution is -0.161. The van der Waals surface area contributed by atoms with Crippen LogP contribution in [0.25, 0.3) is 0 Å². The molecule has 354 valence electrons. The van der Waals surface area contributed by atoms with Gasteiger partial charge in [0, 0.05) is 12.8 Å². The Bertz CT molecular complexity index is 1200. The molecule has 0 bridgehead atoms. The largest absolute Gasteiger partial charge is 0.462 e. The van der Waals surface area contributed by atoms with Crippen molar-refractivity contribution < 1.29 is 24.2 Å². The van der Waals surface area contributed by atoms with Crippen LogP contribution in [-0.2, 0) is 19.1 Å². The van der Waals surface area contributed by atoms with Gasteiger partial charge in [0.25, 0.3) is 0 Å². The summed E-state index contributed by atoms with van der Waals surface area (Å²) in [5.41, 5.74) is 0. The topological polar surface area (TPSA) is 72.8 Å². The summed E-state index contributed by atoms with van der Waals surface area (Å²) in [4.78, 5) is 24.5. The molecular formula is C57H96O5. The second-order valence-corrected chi connectivity index (χ2v) is 16.9. The summed E-state index contributed by atoms with van der Waals surface area (Å²) >= 11 is 0. The molecule has 0 aromatic rings. The van der Waals surface area contributed by atoms with Gasteiger partial charge in [-0.2, -0.15) is 0 Å². The summed E-state index contributed by atoms with van der Waals surface area (Å²) in [5, 5.41) is 9.63. The highest BCUT2D eigenvalue weighted by atomic mass is 16.6. The zero-order chi connectivity index (χ0) is 44.9. The quantitative estimate of drug-likeness (QED) is 0.0375. The lowest BCUT2D eigenvalue weighted by Crippen LogP contribution is -2.28. The van der Waals surface area contributed by atoms with E-state index < -0.39 is 6.10 Å². The molecule has 0 aliphatic heterocycles. The van der Waals surface area contributed by atoms with E-state index in [0.29, 0.717) is 12.8 Å². The van der Waals surface area contributed by atoms with E-state index in [0.717, 1.165) is 89.9 Å². The summed E-state index contributed by atoms with van der Waals surface area (Å²) in [6.45, 7) is 3.99. The fourth-order valence-corrected chi connectivity index (χ4v) is 7.00. The van der Waals surface area contributed by atoms with Crippen LogP contribution in [0.1, 0.15) is 232 Å². The molecule has 0 radical (unpaired) electrons. The minimum absolute atomic E-state index is 0.0770. The van der Waals surface area contributed by atoms with Gasteiger partial charge >= 0.3 is 11.9 Å². The number of unbranched alkanes of at least 4 members (excludes halogenated alkanes) is 22. The normalized spacial score (nSPS) is 13.0. The highest BCUT2D eigenvalue weighted by Gasteiger charge is 2.16. The Morgan fingerprint density at radius 2 is 0.694 bits per heavy atom. The van der Waals surface area contributed by atoms with E-state index in [1.54, 1.807) is 0 Å². The monoisotopic (exact) mass is 861 g/mol. The summed E-state index contributed by atoms with van der Waals surface area (Å²) in [7, 11) is 0. The van der Waals surface area contributed by atoms with Crippen LogP contribution < -0.4 is 0 Å². The van der Waals surface area contributed by atoms with Crippen molar-refractivity contribution in [2.75, 3.05) is 13.2 Å². The Morgan fingerprint density at radius 1 is 0.387 bits per heavy atom. The van der Waals surface area contributed by atoms with Gasteiger partial charge < -0.3 is 14.6 Å². The number of rotatable bonds is 46. The number of allylic oxidation sites excluding steroid dienone is 16. The molecule has 0 spiro atoms. The predicted octanol–water partition coefficient (Wildman–Crippen LogP) is 17.2. The first-order valence-electron chi connectivity index (χ1n) is 25.8. The Kier molecular flexibility index (Phi) is 49.5. The number of ether oxygens (including phenoxy) is 2. The molecule has 62 heavy (non-hydrogen) atoms. The smallest absolute Gasteiger partial charge is 0.306 e. The first-order valence-corrected chi connectivity index (χ1v) is 25.8. The maximum absolute atomic E-state index is 12.3. The number of carbonyl (C=O) groups excluding carboxylic acids is 2. The molecule has 1 atom stereocenters. The summed E-state index contributed by atoms with van der Waals surface area (Å²) in [6, 6.07) is 0. The Hall–Kier alpha value is -3.18. The van der Waals surface area contributed by atoms with E-state index in [2.05, 4.69) is 111 Å². The van der Waals surface area contributed by atoms with Gasteiger partial charge in [0.05, 0.1) is 6.61 Å². The van der Waals surface area contributed by atoms with Crippen LogP contribution in [0, 0.1) is 0 Å². The zero-order valence-corrected chi connectivity index (χ0v) is 40.4. The van der Waals surface area contributed by atoms with Gasteiger partial charge in [0.15, 0.2) is 6.10 Å². The van der Waals surface area contributed by atoms with E-state index >= 15 is 0 Å². The molecule has 0 amide bonds. The number of hydrogen-bond acceptors (Lipinski definition) is 5. The van der Waals surface area contributed by atoms with Crippen LogP contribution in [0.15, 0.2) is 97.2 Å². The molecule has 0 aromatic heterocycles. The third-order valence-electron chi connectivity index (χ3n) is 10.9. The molecule has 1 N–H and O–H groups in total. The van der Waals surface area contributed by atoms with Crippen molar-refractivity contribution in [3.63, 3.8) is 0 Å². The molecular weight excluding hydrogens is 765 g/mol. The van der Waals surface area contributed by atoms with Crippen LogP contribution in [0.4, 0.5) is 0 Å². The van der Waals surface area contributed by atoms with Crippen molar-refractivity contribution >= 4 is 11.9 Å². The molecule has 0 saturated heterocycles. The third-order valence-corrected chi connectivity index (χ3v) is 10.9. The van der Waals surface area contributed by atoms with Gasteiger partial charge in [-0.3, -0.25) is 9.59 Å². The number of hydrogen-bond donors (Lipinski definition) is 1. The molecule has 1 unspecified atom stereocenters. The van der Waals surface area contributed by atoms with E-state index in [9.17, 15) is 14.7 Å². The van der Waals surface area contributed by atoms with E-state index in [4.69, 9.17) is 9.47 Å². The molecule has 5 heteroatoms. The van der Waals surface area contributed by atoms with Gasteiger partial charge in [-0.15, -0.1) is 0 Å². The average Bonchev–Trinajstić information content (AvgIpc) is 3.28. The van der Waals surface area contributed by atoms with Gasteiger partial charge in [0.2, 0.25) is 0 Å². The highest BCUT2D eigenvalue weighted by molar-refractivity contribution is 5.70. The summed E-state index contributed by atoms with van der Waals surface area (Å²) < 4.78 is 10.7. The first kappa shape index (κ1) is 58.8. The molecule has 0 aliphatic rings. The maximum atomic E-state index is 12.3. The van der Waals surface area contributed by atoms with Crippen molar-refractivity contribution in [1.29, 1.82) is 0 Å². The standard InChI is InChI=1S/C57H96O5/c1-3-5-7-9-11-13-15-17-19-21-23-24-25-26-27-28-29-30-31-32-34-36-38-40-42-44-46-48-50-52-57(60)62-55(53-58)54-61-56(59)51-49-47-45-43-41-39-37-35-33-22-20-18-16-14-12-10-8-6-4-2/h5,7,11-14,17-20,23-24,26-27,33,35,55,58H,3-4,6,8-10,15-16,21-22,25,28-32,34,36-54H2,1-2H3/b7-5-,13-11-,14-12-,19-17-,20-18-,24-23-,27-26-,35-33-. The molecule has 0 fully saturated rings. The van der Waals surface area contributed by atoms with Crippen molar-refractivity contribution in [1.82, 2.24) is 0 Å². The average molecular weight is 861 g/mol. The number of aliphatic hydroxyl groups excluding tert-OH is 1. The molecule has 0 aliphatic carbocycles. The summed E-state index contributed by atoms with van der Waals surface area (Å²) in [6.07, 6.45) is 73.5. The minimum Gasteiger partial charge on any atom is -0.462 e. The predicted molar refractivity (Wildman–Crippen MR) is 269 cm³/mol. The summed E-state index contributed by atoms with van der Waals surface area (Å²) in [5.74, 6) is -0.608. The third kappa shape index (κ3) is 49.5. The molecule has 0 aromatic carbocycles. The number of esters is 2. The van der Waals surface area contributed by atoms with Gasteiger partial charge in [-0.25, -0.2) is 0 Å². The van der Waals surface area contributed by atoms with Crippen LogP contribution in [0.5, 0.6) is 0 Å². The molecule has 5 nitrogen and oxygen atoms in total. The van der Waals surface area contributed by atoms with Gasteiger partial charge in [-0.05, 0) is 96.3 Å². The van der Waals surface area contributed by atoms with E-state index in [-0.39, 0.29) is 25.2 Å². The van der Waals surface area contributed by atoms with Gasteiger partial charge in [0.1, 0.15) is 6.61 Å². The minimum atomic E-state index is -0.784. The van der Waals surface area contributed by atoms with Crippen molar-refractivity contribution in [3.05, 3.63) is 97.2 Å². The van der Waals surface area contributed by atoms with Crippen LogP contribution in [0.3, 0.4) is 0 Å². The molecule has 0 heterocycles. The van der Waals surface area contributed by atoms with Crippen molar-refractivity contribution in [3.8, 4) is 0 Å². The Morgan fingerprint density at radius 3 is 1.05 bits per heavy atom. The highest BCUT2D eigenvalue weighted by Crippen LogP contribution is 2.15. The van der Waals surface area contributed by atoms with E-state index in [1.165, 1.54) is 116 Å². The van der Waals surface area contributed by atoms with Crippen LogP contribution in [0.2, 0.25) is 0 Å². The van der Waals surface area contributed by atoms with Gasteiger partial charge in [-0.1, -0.05) is 220 Å². The first-order chi connectivity index (χ1) is 30.6. The number of carbonyl (C=O) groups is 2. The Balaban J connectivity index is 3.54. The fourth-order valence-electron chi connectivity index (χ4n) is 7.00. The maximum Gasteiger partial charge on any atom is 0.306 e. The zero-order valence-electron chi connectivity index (χ0n) is 40.4. The Labute approximate surface area is 383 Å². The second kappa shape index (κ2) is 52.2. The van der Waals surface area contributed by atoms with Crippen molar-refractivity contribution in [2.24, 2.45) is 0 Å². The van der Waals surface area contributed by atoms with Crippen molar-refractivity contribution in [2.45, 2.75) is 238 Å². The SMILES string of the molecule is CC/C=C\C/C=C\C/C=C\C/C=C\C/C=C\CCCCCCCCCCCCCCCC(=O)OC(CO)COC(=O)CCCCCCCC/C=C\C/C=C\C/C=C\CCCCC.